The van der Waals surface area contributed by atoms with Crippen LogP contribution in [0.1, 0.15) is 5.56 Å². The van der Waals surface area contributed by atoms with E-state index in [9.17, 15) is 18.0 Å². The van der Waals surface area contributed by atoms with E-state index in [0.717, 1.165) is 22.9 Å². The van der Waals surface area contributed by atoms with Gasteiger partial charge in [0.05, 0.1) is 18.3 Å². The van der Waals surface area contributed by atoms with E-state index in [1.165, 1.54) is 31.4 Å². The van der Waals surface area contributed by atoms with Crippen molar-refractivity contribution in [1.29, 1.82) is 0 Å². The normalized spacial score (nSPS) is 16.4. The molecule has 0 saturated carbocycles. The van der Waals surface area contributed by atoms with Gasteiger partial charge in [0, 0.05) is 0 Å². The number of amides is 1. The molecule has 0 aromatic heterocycles. The van der Waals surface area contributed by atoms with Gasteiger partial charge in [-0.1, -0.05) is 30.0 Å². The number of nitrogens with zero attached hydrogens (tertiary/aromatic N) is 1. The largest absolute Gasteiger partial charge is 0.493 e. The molecule has 1 amide bonds. The number of carboxylic acids is 1. The summed E-state index contributed by atoms with van der Waals surface area (Å²) in [6, 6.07) is 4.42. The maximum atomic E-state index is 12.2. The van der Waals surface area contributed by atoms with E-state index in [1.807, 2.05) is 0 Å². The van der Waals surface area contributed by atoms with Gasteiger partial charge < -0.3 is 14.0 Å². The molecule has 8 nitrogen and oxygen atoms in total. The van der Waals surface area contributed by atoms with Crippen molar-refractivity contribution in [2.45, 2.75) is 0 Å². The highest BCUT2D eigenvalue weighted by Crippen LogP contribution is 2.34. The van der Waals surface area contributed by atoms with Crippen LogP contribution >= 0.6 is 24.0 Å². The fourth-order valence-corrected chi connectivity index (χ4v) is 3.65. The van der Waals surface area contributed by atoms with Crippen molar-refractivity contribution in [3.8, 4) is 11.5 Å². The lowest BCUT2D eigenvalue weighted by Gasteiger charge is -2.10. The molecule has 1 fully saturated rings. The number of carbonyl (C=O) groups is 2. The van der Waals surface area contributed by atoms with Crippen LogP contribution in [0, 0.1) is 0 Å². The van der Waals surface area contributed by atoms with Gasteiger partial charge in [-0.2, -0.15) is 8.42 Å². The second-order valence-electron chi connectivity index (χ2n) is 4.86. The highest BCUT2D eigenvalue weighted by Gasteiger charge is 2.33. The lowest BCUT2D eigenvalue weighted by molar-refractivity contribution is -0.140. The Kier molecular flexibility index (Phi) is 5.70. The SMILES string of the molecule is COc1cc(C=C2SC(=S)N(CC(=O)O)C2=O)ccc1OS(C)(=O)=O. The first-order valence-corrected chi connectivity index (χ1v) is 9.69. The van der Waals surface area contributed by atoms with Crippen LogP contribution in [0.25, 0.3) is 6.08 Å². The van der Waals surface area contributed by atoms with Crippen LogP contribution in [-0.4, -0.2) is 54.5 Å². The first kappa shape index (κ1) is 19.2. The van der Waals surface area contributed by atoms with Crippen LogP contribution in [-0.2, 0) is 19.7 Å². The van der Waals surface area contributed by atoms with Gasteiger partial charge in [-0.3, -0.25) is 14.5 Å². The monoisotopic (exact) mass is 403 g/mol. The summed E-state index contributed by atoms with van der Waals surface area (Å²) in [7, 11) is -2.37. The Balaban J connectivity index is 2.31. The molecule has 2 rings (SSSR count). The number of thiocarbonyl (C=S) groups is 1. The lowest BCUT2D eigenvalue weighted by atomic mass is 10.2. The number of hydrogen-bond acceptors (Lipinski definition) is 8. The topological polar surface area (TPSA) is 110 Å². The number of benzene rings is 1. The molecule has 1 aliphatic rings. The van der Waals surface area contributed by atoms with Gasteiger partial charge in [0.1, 0.15) is 10.9 Å². The summed E-state index contributed by atoms with van der Waals surface area (Å²) >= 11 is 5.99. The predicted molar refractivity (Wildman–Crippen MR) is 96.0 cm³/mol. The van der Waals surface area contributed by atoms with Crippen LogP contribution in [0.3, 0.4) is 0 Å². The minimum absolute atomic E-state index is 0.0144. The molecule has 0 bridgehead atoms. The predicted octanol–water partition coefficient (Wildman–Crippen LogP) is 1.32. The number of thioether (sulfide) groups is 1. The highest BCUT2D eigenvalue weighted by atomic mass is 32.2. The Hall–Kier alpha value is -2.11. The van der Waals surface area contributed by atoms with Crippen molar-refractivity contribution in [2.75, 3.05) is 19.9 Å². The number of hydrogen-bond donors (Lipinski definition) is 1. The van der Waals surface area contributed by atoms with Crippen LogP contribution in [0.4, 0.5) is 0 Å². The zero-order valence-corrected chi connectivity index (χ0v) is 15.5. The second-order valence-corrected chi connectivity index (χ2v) is 8.11. The molecular formula is C14H13NO7S3. The molecule has 0 radical (unpaired) electrons. The maximum absolute atomic E-state index is 12.2. The van der Waals surface area contributed by atoms with Crippen molar-refractivity contribution >= 4 is 56.4 Å². The summed E-state index contributed by atoms with van der Waals surface area (Å²) in [5.74, 6) is -1.49. The molecule has 1 aliphatic heterocycles. The third-order valence-corrected chi connectivity index (χ3v) is 4.75. The Labute approximate surface area is 153 Å². The number of carboxylic acid groups (broad SMARTS) is 1. The van der Waals surface area contributed by atoms with Crippen LogP contribution in [0.5, 0.6) is 11.5 Å². The number of aliphatic carboxylic acids is 1. The minimum Gasteiger partial charge on any atom is -0.493 e. The van der Waals surface area contributed by atoms with Gasteiger partial charge in [0.25, 0.3) is 5.91 Å². The van der Waals surface area contributed by atoms with Crippen molar-refractivity contribution in [3.63, 3.8) is 0 Å². The van der Waals surface area contributed by atoms with E-state index in [0.29, 0.717) is 5.56 Å². The van der Waals surface area contributed by atoms with Crippen molar-refractivity contribution in [3.05, 3.63) is 28.7 Å². The van der Waals surface area contributed by atoms with E-state index in [-0.39, 0.29) is 20.7 Å². The molecule has 0 spiro atoms. The summed E-state index contributed by atoms with van der Waals surface area (Å²) in [6.45, 7) is -0.507. The fourth-order valence-electron chi connectivity index (χ4n) is 1.93. The van der Waals surface area contributed by atoms with E-state index in [2.05, 4.69) is 0 Å². The molecule has 1 N–H and O–H groups in total. The molecule has 1 aromatic carbocycles. The molecule has 11 heteroatoms. The smallest absolute Gasteiger partial charge is 0.323 e. The average Bonchev–Trinajstić information content (AvgIpc) is 2.74. The Morgan fingerprint density at radius 2 is 2.08 bits per heavy atom. The minimum atomic E-state index is -3.71. The van der Waals surface area contributed by atoms with E-state index < -0.39 is 28.5 Å². The molecule has 0 unspecified atom stereocenters. The van der Waals surface area contributed by atoms with Gasteiger partial charge in [-0.15, -0.1) is 0 Å². The van der Waals surface area contributed by atoms with E-state index in [4.69, 9.17) is 26.2 Å². The molecular weight excluding hydrogens is 390 g/mol. The highest BCUT2D eigenvalue weighted by molar-refractivity contribution is 8.26. The lowest BCUT2D eigenvalue weighted by Crippen LogP contribution is -2.33. The average molecular weight is 403 g/mol. The maximum Gasteiger partial charge on any atom is 0.323 e. The number of methoxy groups -OCH3 is 1. The molecule has 0 aliphatic carbocycles. The van der Waals surface area contributed by atoms with Gasteiger partial charge >= 0.3 is 16.1 Å². The molecule has 1 heterocycles. The number of rotatable bonds is 6. The first-order chi connectivity index (χ1) is 11.6. The Bertz CT molecular complexity index is 876. The van der Waals surface area contributed by atoms with Crippen LogP contribution < -0.4 is 8.92 Å². The van der Waals surface area contributed by atoms with Crippen LogP contribution in [0.2, 0.25) is 0 Å². The third kappa shape index (κ3) is 4.94. The van der Waals surface area contributed by atoms with Crippen molar-refractivity contribution < 1.29 is 32.0 Å². The Morgan fingerprint density at radius 1 is 1.40 bits per heavy atom. The van der Waals surface area contributed by atoms with Crippen molar-refractivity contribution in [1.82, 2.24) is 4.90 Å². The fraction of sp³-hybridized carbons (Fsp3) is 0.214. The second kappa shape index (κ2) is 7.42. The summed E-state index contributed by atoms with van der Waals surface area (Å²) in [5, 5.41) is 8.82. The molecule has 1 saturated heterocycles. The van der Waals surface area contributed by atoms with Gasteiger partial charge in [-0.25, -0.2) is 0 Å². The van der Waals surface area contributed by atoms with Crippen LogP contribution in [0.15, 0.2) is 23.1 Å². The summed E-state index contributed by atoms with van der Waals surface area (Å²) in [4.78, 5) is 24.2. The molecule has 1 aromatic rings. The van der Waals surface area contributed by atoms with Gasteiger partial charge in [-0.05, 0) is 23.8 Å². The zero-order valence-electron chi connectivity index (χ0n) is 13.1. The standard InChI is InChI=1S/C14H13NO7S3/c1-21-10-5-8(3-4-9(10)22-25(2,19)20)6-11-13(18)15(7-12(16)17)14(23)24-11/h3-6H,7H2,1-2H3,(H,16,17). The quantitative estimate of drug-likeness (QED) is 0.427. The summed E-state index contributed by atoms with van der Waals surface area (Å²) < 4.78 is 32.5. The van der Waals surface area contributed by atoms with Gasteiger partial charge in [0.2, 0.25) is 0 Å². The zero-order chi connectivity index (χ0) is 18.8. The van der Waals surface area contributed by atoms with E-state index >= 15 is 0 Å². The summed E-state index contributed by atoms with van der Waals surface area (Å²) in [6.07, 6.45) is 2.42. The number of carbonyl (C=O) groups excluding carboxylic acids is 1. The molecule has 134 valence electrons. The first-order valence-electron chi connectivity index (χ1n) is 6.65. The number of ether oxygens (including phenoxy) is 1. The van der Waals surface area contributed by atoms with E-state index in [1.54, 1.807) is 0 Å². The molecule has 0 atom stereocenters. The molecule has 25 heavy (non-hydrogen) atoms. The Morgan fingerprint density at radius 3 is 2.64 bits per heavy atom. The summed E-state index contributed by atoms with van der Waals surface area (Å²) in [5.41, 5.74) is 0.536. The van der Waals surface area contributed by atoms with Gasteiger partial charge in [0.15, 0.2) is 11.5 Å². The van der Waals surface area contributed by atoms with Crippen molar-refractivity contribution in [2.24, 2.45) is 0 Å². The third-order valence-electron chi connectivity index (χ3n) is 2.89.